The van der Waals surface area contributed by atoms with Gasteiger partial charge in [-0.15, -0.1) is 0 Å². The molecule has 1 atom stereocenters. The number of nitrogens with one attached hydrogen (secondary N) is 1. The molecule has 21 heavy (non-hydrogen) atoms. The highest BCUT2D eigenvalue weighted by atomic mass is 16.7. The van der Waals surface area contributed by atoms with Crippen molar-refractivity contribution in [1.29, 1.82) is 0 Å². The second-order valence-corrected chi connectivity index (χ2v) is 5.29. The van der Waals surface area contributed by atoms with E-state index in [1.807, 2.05) is 0 Å². The molecule has 1 rings (SSSR count). The predicted octanol–water partition coefficient (Wildman–Crippen LogP) is 2.19. The molecule has 0 aromatic carbocycles. The third-order valence-electron chi connectivity index (χ3n) is 3.31. The number of aliphatic carboxylic acids is 1. The Morgan fingerprint density at radius 1 is 1.19 bits per heavy atom. The maximum absolute atomic E-state index is 11.5. The van der Waals surface area contributed by atoms with Crippen molar-refractivity contribution in [1.82, 2.24) is 5.32 Å². The fraction of sp³-hybridized carbons (Fsp3) is 0.786. The van der Waals surface area contributed by atoms with Gasteiger partial charge in [0.05, 0.1) is 0 Å². The summed E-state index contributed by atoms with van der Waals surface area (Å²) in [4.78, 5) is 33.9. The Labute approximate surface area is 124 Å². The Morgan fingerprint density at radius 2 is 1.86 bits per heavy atom. The lowest BCUT2D eigenvalue weighted by atomic mass is 10.2. The first-order chi connectivity index (χ1) is 9.89. The molecule has 1 fully saturated rings. The van der Waals surface area contributed by atoms with E-state index in [2.05, 4.69) is 12.2 Å². The number of unbranched alkanes of at least 4 members (excludes halogenated alkanes) is 3. The lowest BCUT2D eigenvalue weighted by Crippen LogP contribution is -2.44. The van der Waals surface area contributed by atoms with Gasteiger partial charge in [-0.3, -0.25) is 4.79 Å². The molecule has 0 spiro atoms. The summed E-state index contributed by atoms with van der Waals surface area (Å²) in [5.41, 5.74) is -1.21. The van der Waals surface area contributed by atoms with Crippen LogP contribution >= 0.6 is 0 Å². The van der Waals surface area contributed by atoms with Crippen molar-refractivity contribution in [3.63, 3.8) is 0 Å². The van der Waals surface area contributed by atoms with Gasteiger partial charge in [0.1, 0.15) is 5.54 Å². The maximum atomic E-state index is 11.5. The Bertz CT molecular complexity index is 391. The molecule has 0 saturated heterocycles. The summed E-state index contributed by atoms with van der Waals surface area (Å²) in [5, 5.41) is 11.2. The Morgan fingerprint density at radius 3 is 2.38 bits per heavy atom. The van der Waals surface area contributed by atoms with E-state index in [4.69, 9.17) is 14.6 Å². The number of carboxylic acids is 1. The van der Waals surface area contributed by atoms with Gasteiger partial charge in [-0.05, 0) is 19.3 Å². The summed E-state index contributed by atoms with van der Waals surface area (Å²) in [5.74, 6) is -1.51. The highest BCUT2D eigenvalue weighted by molar-refractivity contribution is 5.87. The van der Waals surface area contributed by atoms with E-state index < -0.39 is 29.9 Å². The zero-order valence-electron chi connectivity index (χ0n) is 12.5. The number of hydrogen-bond acceptors (Lipinski definition) is 5. The number of carbonyl (C=O) groups excluding carboxylic acids is 2. The molecule has 0 radical (unpaired) electrons. The molecule has 7 heteroatoms. The van der Waals surface area contributed by atoms with E-state index in [1.54, 1.807) is 0 Å². The van der Waals surface area contributed by atoms with Crippen molar-refractivity contribution in [3.8, 4) is 0 Å². The molecule has 0 bridgehead atoms. The summed E-state index contributed by atoms with van der Waals surface area (Å²) in [6.45, 7) is 3.50. The highest BCUT2D eigenvalue weighted by Gasteiger charge is 2.52. The van der Waals surface area contributed by atoms with Crippen LogP contribution in [0.25, 0.3) is 0 Å². The number of carbonyl (C=O) groups is 3. The molecule has 1 unspecified atom stereocenters. The molecule has 0 aromatic heterocycles. The number of ether oxygens (including phenoxy) is 2. The molecule has 7 nitrogen and oxygen atoms in total. The molecule has 0 aliphatic heterocycles. The van der Waals surface area contributed by atoms with Crippen LogP contribution in [0.15, 0.2) is 0 Å². The van der Waals surface area contributed by atoms with Crippen molar-refractivity contribution in [3.05, 3.63) is 0 Å². The minimum Gasteiger partial charge on any atom is -0.480 e. The van der Waals surface area contributed by atoms with Gasteiger partial charge in [0.2, 0.25) is 6.29 Å². The first-order valence-corrected chi connectivity index (χ1v) is 7.31. The molecule has 1 saturated carbocycles. The minimum absolute atomic E-state index is 0.286. The van der Waals surface area contributed by atoms with Gasteiger partial charge in [0.25, 0.3) is 0 Å². The van der Waals surface area contributed by atoms with Gasteiger partial charge in [0.15, 0.2) is 0 Å². The van der Waals surface area contributed by atoms with Crippen LogP contribution in [0.5, 0.6) is 0 Å². The molecule has 1 amide bonds. The third kappa shape index (κ3) is 6.01. The van der Waals surface area contributed by atoms with Gasteiger partial charge in [0, 0.05) is 13.3 Å². The first kappa shape index (κ1) is 17.3. The Kier molecular flexibility index (Phi) is 6.45. The van der Waals surface area contributed by atoms with E-state index >= 15 is 0 Å². The number of hydrogen-bond donors (Lipinski definition) is 2. The molecule has 120 valence electrons. The van der Waals surface area contributed by atoms with Crippen molar-refractivity contribution in [2.75, 3.05) is 0 Å². The summed E-state index contributed by atoms with van der Waals surface area (Å²) >= 11 is 0. The van der Waals surface area contributed by atoms with Crippen LogP contribution in [0.1, 0.15) is 58.8 Å². The maximum Gasteiger partial charge on any atom is 0.411 e. The average molecular weight is 301 g/mol. The van der Waals surface area contributed by atoms with Gasteiger partial charge in [-0.1, -0.05) is 26.2 Å². The summed E-state index contributed by atoms with van der Waals surface area (Å²) < 4.78 is 9.75. The molecule has 0 aromatic rings. The average Bonchev–Trinajstić information content (AvgIpc) is 3.15. The van der Waals surface area contributed by atoms with E-state index in [1.165, 1.54) is 6.92 Å². The molecular formula is C14H23NO6. The quantitative estimate of drug-likeness (QED) is 0.384. The second kappa shape index (κ2) is 7.85. The van der Waals surface area contributed by atoms with Crippen molar-refractivity contribution in [2.45, 2.75) is 70.6 Å². The van der Waals surface area contributed by atoms with Crippen molar-refractivity contribution >= 4 is 18.0 Å². The fourth-order valence-electron chi connectivity index (χ4n) is 1.86. The summed E-state index contributed by atoms with van der Waals surface area (Å²) in [6.07, 6.45) is 2.98. The predicted molar refractivity (Wildman–Crippen MR) is 73.5 cm³/mol. The largest absolute Gasteiger partial charge is 0.480 e. The van der Waals surface area contributed by atoms with Crippen LogP contribution in [0.4, 0.5) is 4.79 Å². The summed E-state index contributed by atoms with van der Waals surface area (Å²) in [6, 6.07) is 0. The normalized spacial score (nSPS) is 16.7. The van der Waals surface area contributed by atoms with Gasteiger partial charge >= 0.3 is 18.0 Å². The van der Waals surface area contributed by atoms with Crippen molar-refractivity contribution in [2.24, 2.45) is 0 Å². The van der Waals surface area contributed by atoms with E-state index in [0.29, 0.717) is 12.8 Å². The third-order valence-corrected chi connectivity index (χ3v) is 3.31. The number of amides is 1. The fourth-order valence-corrected chi connectivity index (χ4v) is 1.86. The first-order valence-electron chi connectivity index (χ1n) is 7.31. The minimum atomic E-state index is -1.21. The van der Waals surface area contributed by atoms with Crippen LogP contribution in [0, 0.1) is 0 Å². The molecule has 2 N–H and O–H groups in total. The highest BCUT2D eigenvalue weighted by Crippen LogP contribution is 2.35. The van der Waals surface area contributed by atoms with E-state index in [-0.39, 0.29) is 6.42 Å². The number of esters is 1. The van der Waals surface area contributed by atoms with E-state index in [9.17, 15) is 14.4 Å². The number of rotatable bonds is 9. The van der Waals surface area contributed by atoms with Crippen LogP contribution in [0.3, 0.4) is 0 Å². The van der Waals surface area contributed by atoms with Crippen molar-refractivity contribution < 1.29 is 29.0 Å². The van der Waals surface area contributed by atoms with E-state index in [0.717, 1.165) is 25.7 Å². The smallest absolute Gasteiger partial charge is 0.411 e. The standard InChI is InChI=1S/C14H23NO6/c1-3-4-5-6-7-11(16)20-10(2)21-13(19)15-14(8-9-14)12(17)18/h10H,3-9H2,1-2H3,(H,15,19)(H,17,18). The topological polar surface area (TPSA) is 102 Å². The monoisotopic (exact) mass is 301 g/mol. The second-order valence-electron chi connectivity index (χ2n) is 5.29. The van der Waals surface area contributed by atoms with Crippen LogP contribution in [-0.2, 0) is 19.1 Å². The van der Waals surface area contributed by atoms with Gasteiger partial charge < -0.3 is 19.9 Å². The zero-order chi connectivity index (χ0) is 15.9. The number of alkyl carbamates (subject to hydrolysis) is 1. The number of carboxylic acid groups (broad SMARTS) is 1. The zero-order valence-corrected chi connectivity index (χ0v) is 12.5. The lowest BCUT2D eigenvalue weighted by molar-refractivity contribution is -0.165. The molecule has 1 aliphatic rings. The molecule has 0 heterocycles. The Hall–Kier alpha value is -1.79. The molecular weight excluding hydrogens is 278 g/mol. The van der Waals surface area contributed by atoms with Crippen LogP contribution < -0.4 is 5.32 Å². The van der Waals surface area contributed by atoms with Crippen LogP contribution in [0.2, 0.25) is 0 Å². The Balaban J connectivity index is 2.20. The van der Waals surface area contributed by atoms with Gasteiger partial charge in [-0.2, -0.15) is 0 Å². The molecule has 1 aliphatic carbocycles. The van der Waals surface area contributed by atoms with Crippen LogP contribution in [-0.4, -0.2) is 35.0 Å². The SMILES string of the molecule is CCCCCCC(=O)OC(C)OC(=O)NC1(C(=O)O)CC1. The summed E-state index contributed by atoms with van der Waals surface area (Å²) in [7, 11) is 0. The van der Waals surface area contributed by atoms with Gasteiger partial charge in [-0.25, -0.2) is 9.59 Å². The lowest BCUT2D eigenvalue weighted by Gasteiger charge is -2.17.